The van der Waals surface area contributed by atoms with Crippen LogP contribution in [0.15, 0.2) is 72.1 Å². The minimum Gasteiger partial charge on any atom is -0.493 e. The van der Waals surface area contributed by atoms with Crippen molar-refractivity contribution in [1.29, 1.82) is 0 Å². The number of carbonyl (C=O) groups is 2. The van der Waals surface area contributed by atoms with E-state index in [1.807, 2.05) is 13.0 Å². The zero-order valence-corrected chi connectivity index (χ0v) is 16.0. The number of hydrogen-bond donors (Lipinski definition) is 1. The molecule has 29 heavy (non-hydrogen) atoms. The number of rotatable bonds is 6. The average molecular weight is 389 g/mol. The van der Waals surface area contributed by atoms with E-state index in [2.05, 4.69) is 15.5 Å². The SMILES string of the molecule is COc1cc(/C=N\NC(=O)c2ccncc2)ccc1OC(=O)c1cccc(C)c1. The number of methoxy groups -OCH3 is 1. The molecule has 3 aromatic rings. The molecule has 0 atom stereocenters. The summed E-state index contributed by atoms with van der Waals surface area (Å²) < 4.78 is 10.8. The molecule has 0 saturated carbocycles. The number of carbonyl (C=O) groups excluding carboxylic acids is 2. The summed E-state index contributed by atoms with van der Waals surface area (Å²) in [7, 11) is 1.48. The Kier molecular flexibility index (Phi) is 6.32. The fourth-order valence-electron chi connectivity index (χ4n) is 2.51. The topological polar surface area (TPSA) is 89.9 Å². The van der Waals surface area contributed by atoms with Crippen LogP contribution >= 0.6 is 0 Å². The highest BCUT2D eigenvalue weighted by atomic mass is 16.6. The lowest BCUT2D eigenvalue weighted by molar-refractivity contribution is 0.0729. The van der Waals surface area contributed by atoms with Crippen LogP contribution in [-0.2, 0) is 0 Å². The van der Waals surface area contributed by atoms with Gasteiger partial charge in [0.05, 0.1) is 18.9 Å². The average Bonchev–Trinajstić information content (AvgIpc) is 2.75. The number of pyridine rings is 1. The Bertz CT molecular complexity index is 1050. The van der Waals surface area contributed by atoms with E-state index in [0.717, 1.165) is 5.56 Å². The normalized spacial score (nSPS) is 10.6. The second-order valence-electron chi connectivity index (χ2n) is 6.10. The van der Waals surface area contributed by atoms with Crippen molar-refractivity contribution in [3.63, 3.8) is 0 Å². The van der Waals surface area contributed by atoms with Crippen LogP contribution in [0, 0.1) is 6.92 Å². The minimum absolute atomic E-state index is 0.289. The standard InChI is InChI=1S/C22H19N3O4/c1-15-4-3-5-18(12-15)22(27)29-19-7-6-16(13-20(19)28-2)14-24-25-21(26)17-8-10-23-11-9-17/h3-14H,1-2H3,(H,25,26)/b24-14-. The molecular weight excluding hydrogens is 370 g/mol. The Morgan fingerprint density at radius 3 is 2.52 bits per heavy atom. The van der Waals surface area contributed by atoms with Crippen LogP contribution < -0.4 is 14.9 Å². The highest BCUT2D eigenvalue weighted by molar-refractivity contribution is 5.95. The maximum absolute atomic E-state index is 12.3. The molecule has 1 aromatic heterocycles. The molecule has 1 heterocycles. The number of hydrazone groups is 1. The van der Waals surface area contributed by atoms with Gasteiger partial charge in [0.1, 0.15) is 0 Å². The van der Waals surface area contributed by atoms with Crippen molar-refractivity contribution in [3.05, 3.63) is 89.2 Å². The first-order valence-corrected chi connectivity index (χ1v) is 8.77. The van der Waals surface area contributed by atoms with Crippen molar-refractivity contribution < 1.29 is 19.1 Å². The summed E-state index contributed by atoms with van der Waals surface area (Å²) in [6.07, 6.45) is 4.52. The Morgan fingerprint density at radius 2 is 1.79 bits per heavy atom. The second-order valence-corrected chi connectivity index (χ2v) is 6.10. The van der Waals surface area contributed by atoms with Gasteiger partial charge in [-0.15, -0.1) is 0 Å². The fraction of sp³-hybridized carbons (Fsp3) is 0.0909. The zero-order valence-electron chi connectivity index (χ0n) is 16.0. The molecule has 0 aliphatic rings. The molecule has 3 rings (SSSR count). The monoisotopic (exact) mass is 389 g/mol. The fourth-order valence-corrected chi connectivity index (χ4v) is 2.51. The summed E-state index contributed by atoms with van der Waals surface area (Å²) in [5.74, 6) is -0.162. The molecule has 0 saturated heterocycles. The molecule has 0 aliphatic carbocycles. The van der Waals surface area contributed by atoms with E-state index in [9.17, 15) is 9.59 Å². The molecule has 0 fully saturated rings. The van der Waals surface area contributed by atoms with E-state index in [4.69, 9.17) is 9.47 Å². The van der Waals surface area contributed by atoms with Crippen LogP contribution in [0.4, 0.5) is 0 Å². The maximum atomic E-state index is 12.3. The van der Waals surface area contributed by atoms with E-state index in [1.54, 1.807) is 48.5 Å². The number of hydrogen-bond acceptors (Lipinski definition) is 6. The van der Waals surface area contributed by atoms with Gasteiger partial charge in [0.15, 0.2) is 11.5 Å². The molecule has 0 aliphatic heterocycles. The van der Waals surface area contributed by atoms with Gasteiger partial charge in [-0.05, 0) is 55.0 Å². The first-order valence-electron chi connectivity index (χ1n) is 8.77. The van der Waals surface area contributed by atoms with Gasteiger partial charge in [-0.2, -0.15) is 5.10 Å². The van der Waals surface area contributed by atoms with Crippen LogP contribution in [0.25, 0.3) is 0 Å². The van der Waals surface area contributed by atoms with Crippen molar-refractivity contribution in [3.8, 4) is 11.5 Å². The second kappa shape index (κ2) is 9.27. The number of nitrogens with one attached hydrogen (secondary N) is 1. The van der Waals surface area contributed by atoms with Crippen molar-refractivity contribution in [2.75, 3.05) is 7.11 Å². The van der Waals surface area contributed by atoms with Crippen molar-refractivity contribution in [2.24, 2.45) is 5.10 Å². The number of amides is 1. The van der Waals surface area contributed by atoms with E-state index in [0.29, 0.717) is 22.4 Å². The third-order valence-electron chi connectivity index (χ3n) is 3.97. The van der Waals surface area contributed by atoms with Gasteiger partial charge in [-0.25, -0.2) is 10.2 Å². The molecule has 7 heteroatoms. The summed E-state index contributed by atoms with van der Waals surface area (Å²) >= 11 is 0. The smallest absolute Gasteiger partial charge is 0.343 e. The summed E-state index contributed by atoms with van der Waals surface area (Å²) in [6.45, 7) is 1.90. The van der Waals surface area contributed by atoms with Gasteiger partial charge in [-0.1, -0.05) is 17.7 Å². The molecule has 0 unspecified atom stereocenters. The number of aromatic nitrogens is 1. The van der Waals surface area contributed by atoms with Crippen LogP contribution in [0.2, 0.25) is 0 Å². The number of aryl methyl sites for hydroxylation is 1. The van der Waals surface area contributed by atoms with Gasteiger partial charge in [-0.3, -0.25) is 9.78 Å². The number of nitrogens with zero attached hydrogens (tertiary/aromatic N) is 2. The molecule has 2 aromatic carbocycles. The van der Waals surface area contributed by atoms with Gasteiger partial charge in [0.2, 0.25) is 0 Å². The van der Waals surface area contributed by atoms with Crippen molar-refractivity contribution in [2.45, 2.75) is 6.92 Å². The third-order valence-corrected chi connectivity index (χ3v) is 3.97. The quantitative estimate of drug-likeness (QED) is 0.302. The largest absolute Gasteiger partial charge is 0.493 e. The summed E-state index contributed by atoms with van der Waals surface area (Å²) in [6, 6.07) is 15.3. The Balaban J connectivity index is 1.68. The van der Waals surface area contributed by atoms with Crippen LogP contribution in [0.3, 0.4) is 0 Å². The van der Waals surface area contributed by atoms with Crippen molar-refractivity contribution in [1.82, 2.24) is 10.4 Å². The van der Waals surface area contributed by atoms with E-state index >= 15 is 0 Å². The lowest BCUT2D eigenvalue weighted by Crippen LogP contribution is -2.17. The first kappa shape index (κ1) is 19.8. The summed E-state index contributed by atoms with van der Waals surface area (Å²) in [5.41, 5.74) is 4.97. The van der Waals surface area contributed by atoms with Gasteiger partial charge in [0.25, 0.3) is 5.91 Å². The molecule has 1 amide bonds. The molecule has 0 radical (unpaired) electrons. The first-order chi connectivity index (χ1) is 14.1. The molecule has 7 nitrogen and oxygen atoms in total. The lowest BCUT2D eigenvalue weighted by atomic mass is 10.1. The molecule has 0 bridgehead atoms. The zero-order chi connectivity index (χ0) is 20.6. The highest BCUT2D eigenvalue weighted by Gasteiger charge is 2.13. The molecule has 146 valence electrons. The van der Waals surface area contributed by atoms with Crippen molar-refractivity contribution >= 4 is 18.1 Å². The van der Waals surface area contributed by atoms with Gasteiger partial charge >= 0.3 is 5.97 Å². The highest BCUT2D eigenvalue weighted by Crippen LogP contribution is 2.28. The predicted octanol–water partition coefficient (Wildman–Crippen LogP) is 3.38. The third kappa shape index (κ3) is 5.26. The number of esters is 1. The van der Waals surface area contributed by atoms with Crippen LogP contribution in [-0.4, -0.2) is 30.2 Å². The Morgan fingerprint density at radius 1 is 1.00 bits per heavy atom. The Labute approximate surface area is 168 Å². The van der Waals surface area contributed by atoms with Crippen LogP contribution in [0.1, 0.15) is 31.8 Å². The predicted molar refractivity (Wildman–Crippen MR) is 108 cm³/mol. The summed E-state index contributed by atoms with van der Waals surface area (Å²) in [4.78, 5) is 28.2. The van der Waals surface area contributed by atoms with E-state index in [1.165, 1.54) is 25.7 Å². The molecule has 1 N–H and O–H groups in total. The van der Waals surface area contributed by atoms with Crippen LogP contribution in [0.5, 0.6) is 11.5 Å². The lowest BCUT2D eigenvalue weighted by Gasteiger charge is -2.10. The maximum Gasteiger partial charge on any atom is 0.343 e. The van der Waals surface area contributed by atoms with E-state index < -0.39 is 5.97 Å². The number of ether oxygens (including phenoxy) is 2. The Hall–Kier alpha value is -4.00. The van der Waals surface area contributed by atoms with Gasteiger partial charge in [0, 0.05) is 18.0 Å². The van der Waals surface area contributed by atoms with Gasteiger partial charge < -0.3 is 9.47 Å². The minimum atomic E-state index is -0.474. The molecular formula is C22H19N3O4. The van der Waals surface area contributed by atoms with E-state index in [-0.39, 0.29) is 11.7 Å². The number of benzene rings is 2. The molecule has 0 spiro atoms. The summed E-state index contributed by atoms with van der Waals surface area (Å²) in [5, 5.41) is 3.93.